The molecular formula is C12H18N2O4. The Balaban J connectivity index is 2.15. The van der Waals surface area contributed by atoms with E-state index in [1.807, 2.05) is 6.92 Å². The zero-order valence-corrected chi connectivity index (χ0v) is 10.6. The normalized spacial score (nSPS) is 11.9. The minimum atomic E-state index is -0.476. The number of amides is 2. The summed E-state index contributed by atoms with van der Waals surface area (Å²) in [7, 11) is 0. The van der Waals surface area contributed by atoms with Crippen LogP contribution < -0.4 is 10.6 Å². The molecule has 0 aliphatic rings. The Hall–Kier alpha value is -1.82. The van der Waals surface area contributed by atoms with E-state index >= 15 is 0 Å². The molecule has 6 heteroatoms. The largest absolute Gasteiger partial charge is 0.459 e. The number of nitrogens with one attached hydrogen (secondary N) is 2. The second-order valence-electron chi connectivity index (χ2n) is 3.62. The molecule has 6 nitrogen and oxygen atoms in total. The molecule has 0 unspecified atom stereocenters. The first-order valence-electron chi connectivity index (χ1n) is 5.86. The number of furan rings is 1. The molecule has 0 aliphatic heterocycles. The van der Waals surface area contributed by atoms with Crippen LogP contribution in [0.1, 0.15) is 24.4 Å². The van der Waals surface area contributed by atoms with Gasteiger partial charge in [0.15, 0.2) is 5.76 Å². The van der Waals surface area contributed by atoms with Gasteiger partial charge in [0.05, 0.1) is 6.26 Å². The molecule has 0 aromatic carbocycles. The predicted octanol–water partition coefficient (Wildman–Crippen LogP) is 0.551. The van der Waals surface area contributed by atoms with E-state index in [0.29, 0.717) is 19.7 Å². The molecule has 0 spiro atoms. The summed E-state index contributed by atoms with van der Waals surface area (Å²) in [4.78, 5) is 22.9. The molecule has 0 radical (unpaired) electrons. The molecule has 100 valence electrons. The van der Waals surface area contributed by atoms with Crippen LogP contribution in [0.15, 0.2) is 22.8 Å². The van der Waals surface area contributed by atoms with Crippen molar-refractivity contribution in [2.24, 2.45) is 0 Å². The van der Waals surface area contributed by atoms with Crippen LogP contribution in [-0.4, -0.2) is 37.6 Å². The fraction of sp³-hybridized carbons (Fsp3) is 0.500. The Labute approximate surface area is 106 Å². The molecule has 1 rings (SSSR count). The van der Waals surface area contributed by atoms with Gasteiger partial charge < -0.3 is 19.8 Å². The smallest absolute Gasteiger partial charge is 0.287 e. The molecule has 0 fully saturated rings. The molecule has 18 heavy (non-hydrogen) atoms. The van der Waals surface area contributed by atoms with Gasteiger partial charge in [0.1, 0.15) is 6.10 Å². The first-order valence-corrected chi connectivity index (χ1v) is 5.86. The van der Waals surface area contributed by atoms with Crippen molar-refractivity contribution < 1.29 is 18.7 Å². The molecule has 2 amide bonds. The minimum absolute atomic E-state index is 0.191. The van der Waals surface area contributed by atoms with Crippen molar-refractivity contribution in [1.29, 1.82) is 0 Å². The van der Waals surface area contributed by atoms with Crippen LogP contribution in [0, 0.1) is 0 Å². The van der Waals surface area contributed by atoms with Crippen LogP contribution in [-0.2, 0) is 9.53 Å². The van der Waals surface area contributed by atoms with Gasteiger partial charge in [-0.1, -0.05) is 0 Å². The Morgan fingerprint density at radius 2 is 2.11 bits per heavy atom. The topological polar surface area (TPSA) is 80.6 Å². The molecule has 0 bridgehead atoms. The van der Waals surface area contributed by atoms with E-state index in [1.165, 1.54) is 6.26 Å². The lowest BCUT2D eigenvalue weighted by molar-refractivity contribution is -0.131. The summed E-state index contributed by atoms with van der Waals surface area (Å²) in [5.41, 5.74) is 0. The van der Waals surface area contributed by atoms with Crippen molar-refractivity contribution >= 4 is 11.8 Å². The standard InChI is InChI=1S/C12H18N2O4/c1-3-17-9(2)11(15)13-6-7-14-12(16)10-5-4-8-18-10/h4-5,8-9H,3,6-7H2,1-2H3,(H,13,15)(H,14,16)/t9-/m0/s1. The van der Waals surface area contributed by atoms with E-state index in [1.54, 1.807) is 19.1 Å². The van der Waals surface area contributed by atoms with E-state index in [0.717, 1.165) is 0 Å². The molecule has 1 heterocycles. The number of hydrogen-bond acceptors (Lipinski definition) is 4. The van der Waals surface area contributed by atoms with E-state index in [-0.39, 0.29) is 17.6 Å². The average molecular weight is 254 g/mol. The molecule has 1 aromatic rings. The third-order valence-electron chi connectivity index (χ3n) is 2.24. The maximum absolute atomic E-state index is 11.4. The van der Waals surface area contributed by atoms with Crippen molar-refractivity contribution in [3.8, 4) is 0 Å². The predicted molar refractivity (Wildman–Crippen MR) is 65.1 cm³/mol. The number of ether oxygens (including phenoxy) is 1. The summed E-state index contributed by atoms with van der Waals surface area (Å²) in [5.74, 6) is -0.236. The maximum atomic E-state index is 11.4. The summed E-state index contributed by atoms with van der Waals surface area (Å²) < 4.78 is 10.1. The third-order valence-corrected chi connectivity index (χ3v) is 2.24. The first kappa shape index (κ1) is 14.2. The van der Waals surface area contributed by atoms with Gasteiger partial charge in [-0.2, -0.15) is 0 Å². The van der Waals surface area contributed by atoms with Gasteiger partial charge in [-0.15, -0.1) is 0 Å². The summed E-state index contributed by atoms with van der Waals surface area (Å²) in [6.07, 6.45) is 0.955. The van der Waals surface area contributed by atoms with E-state index in [2.05, 4.69) is 10.6 Å². The second kappa shape index (κ2) is 7.50. The lowest BCUT2D eigenvalue weighted by atomic mass is 10.3. The SMILES string of the molecule is CCO[C@@H](C)C(=O)NCCNC(=O)c1ccco1. The van der Waals surface area contributed by atoms with Crippen LogP contribution >= 0.6 is 0 Å². The van der Waals surface area contributed by atoms with Crippen molar-refractivity contribution in [1.82, 2.24) is 10.6 Å². The molecule has 1 aromatic heterocycles. The highest BCUT2D eigenvalue weighted by Crippen LogP contribution is 1.98. The summed E-state index contributed by atoms with van der Waals surface area (Å²) in [5, 5.41) is 5.28. The van der Waals surface area contributed by atoms with Crippen LogP contribution in [0.3, 0.4) is 0 Å². The molecule has 0 saturated carbocycles. The third kappa shape index (κ3) is 4.58. The van der Waals surface area contributed by atoms with Gasteiger partial charge >= 0.3 is 0 Å². The van der Waals surface area contributed by atoms with E-state index in [9.17, 15) is 9.59 Å². The Morgan fingerprint density at radius 3 is 2.72 bits per heavy atom. The minimum Gasteiger partial charge on any atom is -0.459 e. The van der Waals surface area contributed by atoms with Crippen LogP contribution in [0.25, 0.3) is 0 Å². The quantitative estimate of drug-likeness (QED) is 0.696. The highest BCUT2D eigenvalue weighted by Gasteiger charge is 2.12. The molecule has 0 aliphatic carbocycles. The average Bonchev–Trinajstić information content (AvgIpc) is 2.88. The molecule has 2 N–H and O–H groups in total. The maximum Gasteiger partial charge on any atom is 0.287 e. The van der Waals surface area contributed by atoms with Gasteiger partial charge in [0, 0.05) is 19.7 Å². The van der Waals surface area contributed by atoms with Crippen LogP contribution in [0.4, 0.5) is 0 Å². The zero-order valence-electron chi connectivity index (χ0n) is 10.6. The molecular weight excluding hydrogens is 236 g/mol. The van der Waals surface area contributed by atoms with E-state index in [4.69, 9.17) is 9.15 Å². The lowest BCUT2D eigenvalue weighted by Crippen LogP contribution is -2.39. The first-order chi connectivity index (χ1) is 8.65. The van der Waals surface area contributed by atoms with E-state index < -0.39 is 6.10 Å². The summed E-state index contributed by atoms with van der Waals surface area (Å²) in [6.45, 7) is 4.68. The number of rotatable bonds is 7. The zero-order chi connectivity index (χ0) is 13.4. The Bertz CT molecular complexity index is 375. The number of hydrogen-bond donors (Lipinski definition) is 2. The van der Waals surface area contributed by atoms with Crippen LogP contribution in [0.5, 0.6) is 0 Å². The van der Waals surface area contributed by atoms with Gasteiger partial charge in [-0.25, -0.2) is 0 Å². The van der Waals surface area contributed by atoms with Gasteiger partial charge in [0.25, 0.3) is 5.91 Å². The van der Waals surface area contributed by atoms with Crippen molar-refractivity contribution in [3.05, 3.63) is 24.2 Å². The van der Waals surface area contributed by atoms with Gasteiger partial charge in [0.2, 0.25) is 5.91 Å². The van der Waals surface area contributed by atoms with Crippen LogP contribution in [0.2, 0.25) is 0 Å². The summed E-state index contributed by atoms with van der Waals surface area (Å²) >= 11 is 0. The van der Waals surface area contributed by atoms with Crippen molar-refractivity contribution in [2.75, 3.05) is 19.7 Å². The van der Waals surface area contributed by atoms with Gasteiger partial charge in [-0.3, -0.25) is 9.59 Å². The molecule has 0 saturated heterocycles. The lowest BCUT2D eigenvalue weighted by Gasteiger charge is -2.12. The highest BCUT2D eigenvalue weighted by molar-refractivity contribution is 5.91. The fourth-order valence-electron chi connectivity index (χ4n) is 1.33. The number of carbonyl (C=O) groups is 2. The summed E-state index contributed by atoms with van der Waals surface area (Å²) in [6, 6.07) is 3.21. The highest BCUT2D eigenvalue weighted by atomic mass is 16.5. The van der Waals surface area contributed by atoms with Gasteiger partial charge in [-0.05, 0) is 26.0 Å². The second-order valence-corrected chi connectivity index (χ2v) is 3.62. The monoisotopic (exact) mass is 254 g/mol. The molecule has 1 atom stereocenters. The number of carbonyl (C=O) groups excluding carboxylic acids is 2. The Kier molecular flexibility index (Phi) is 5.93. The van der Waals surface area contributed by atoms with Crippen molar-refractivity contribution in [2.45, 2.75) is 20.0 Å². The van der Waals surface area contributed by atoms with Crippen molar-refractivity contribution in [3.63, 3.8) is 0 Å². The Morgan fingerprint density at radius 1 is 1.39 bits per heavy atom. The fourth-order valence-corrected chi connectivity index (χ4v) is 1.33.